The van der Waals surface area contributed by atoms with Crippen LogP contribution in [0.3, 0.4) is 0 Å². The van der Waals surface area contributed by atoms with Crippen molar-refractivity contribution in [3.8, 4) is 11.5 Å². The van der Waals surface area contributed by atoms with Crippen LogP contribution in [0.2, 0.25) is 0 Å². The Kier molecular flexibility index (Phi) is 8.23. The quantitative estimate of drug-likeness (QED) is 0.537. The monoisotopic (exact) mass is 376 g/mol. The SMILES string of the molecule is CCNC(=NCc1ccc(OCC)c(OC)c1)NC1CCN(C(=O)CC)C1. The second kappa shape index (κ2) is 10.6. The molecule has 1 amide bonds. The molecule has 1 heterocycles. The van der Waals surface area contributed by atoms with E-state index in [9.17, 15) is 4.79 Å². The highest BCUT2D eigenvalue weighted by Crippen LogP contribution is 2.28. The van der Waals surface area contributed by atoms with Crippen molar-refractivity contribution in [2.24, 2.45) is 4.99 Å². The first-order chi connectivity index (χ1) is 13.1. The lowest BCUT2D eigenvalue weighted by atomic mass is 10.2. The summed E-state index contributed by atoms with van der Waals surface area (Å²) in [5.74, 6) is 2.43. The van der Waals surface area contributed by atoms with Gasteiger partial charge in [0.2, 0.25) is 5.91 Å². The molecule has 0 aliphatic carbocycles. The number of ether oxygens (including phenoxy) is 2. The maximum Gasteiger partial charge on any atom is 0.222 e. The van der Waals surface area contributed by atoms with Gasteiger partial charge in [-0.3, -0.25) is 4.79 Å². The van der Waals surface area contributed by atoms with Crippen molar-refractivity contribution in [1.82, 2.24) is 15.5 Å². The van der Waals surface area contributed by atoms with Crippen LogP contribution in [-0.4, -0.2) is 56.2 Å². The number of amides is 1. The largest absolute Gasteiger partial charge is 0.493 e. The van der Waals surface area contributed by atoms with Gasteiger partial charge in [-0.15, -0.1) is 0 Å². The Morgan fingerprint density at radius 2 is 2.11 bits per heavy atom. The Bertz CT molecular complexity index is 648. The molecule has 27 heavy (non-hydrogen) atoms. The average Bonchev–Trinajstić information content (AvgIpc) is 3.15. The zero-order valence-corrected chi connectivity index (χ0v) is 16.9. The molecule has 1 fully saturated rings. The van der Waals surface area contributed by atoms with Gasteiger partial charge in [0.1, 0.15) is 0 Å². The number of guanidine groups is 1. The van der Waals surface area contributed by atoms with Gasteiger partial charge in [0, 0.05) is 32.1 Å². The van der Waals surface area contributed by atoms with Crippen LogP contribution in [0.15, 0.2) is 23.2 Å². The average molecular weight is 377 g/mol. The summed E-state index contributed by atoms with van der Waals surface area (Å²) in [5.41, 5.74) is 1.04. The van der Waals surface area contributed by atoms with Crippen molar-refractivity contribution < 1.29 is 14.3 Å². The van der Waals surface area contributed by atoms with Crippen LogP contribution >= 0.6 is 0 Å². The molecule has 0 saturated carbocycles. The van der Waals surface area contributed by atoms with Gasteiger partial charge < -0.3 is 25.0 Å². The zero-order chi connectivity index (χ0) is 19.6. The fraction of sp³-hybridized carbons (Fsp3) is 0.600. The van der Waals surface area contributed by atoms with Gasteiger partial charge in [0.15, 0.2) is 17.5 Å². The summed E-state index contributed by atoms with van der Waals surface area (Å²) in [5, 5.41) is 6.72. The van der Waals surface area contributed by atoms with Gasteiger partial charge in [-0.2, -0.15) is 0 Å². The van der Waals surface area contributed by atoms with E-state index in [4.69, 9.17) is 9.47 Å². The standard InChI is InChI=1S/C20H32N4O3/c1-5-19(25)24-11-10-16(14-24)23-20(21-6-2)22-13-15-8-9-17(27-7-3)18(12-15)26-4/h8-9,12,16H,5-7,10-11,13-14H2,1-4H3,(H2,21,22,23). The topological polar surface area (TPSA) is 75.2 Å². The minimum atomic E-state index is 0.211. The van der Waals surface area contributed by atoms with Crippen molar-refractivity contribution in [3.63, 3.8) is 0 Å². The van der Waals surface area contributed by atoms with E-state index in [2.05, 4.69) is 15.6 Å². The predicted octanol–water partition coefficient (Wildman–Crippen LogP) is 2.16. The number of hydrogen-bond acceptors (Lipinski definition) is 4. The molecule has 1 aliphatic rings. The van der Waals surface area contributed by atoms with Crippen LogP contribution < -0.4 is 20.1 Å². The number of benzene rings is 1. The van der Waals surface area contributed by atoms with Crippen molar-refractivity contribution >= 4 is 11.9 Å². The minimum Gasteiger partial charge on any atom is -0.493 e. The van der Waals surface area contributed by atoms with Crippen molar-refractivity contribution in [3.05, 3.63) is 23.8 Å². The van der Waals surface area contributed by atoms with Crippen LogP contribution in [0.1, 0.15) is 39.2 Å². The van der Waals surface area contributed by atoms with Crippen molar-refractivity contribution in [2.75, 3.05) is 33.4 Å². The Morgan fingerprint density at radius 3 is 2.78 bits per heavy atom. The van der Waals surface area contributed by atoms with E-state index in [1.807, 2.05) is 43.9 Å². The summed E-state index contributed by atoms with van der Waals surface area (Å²) >= 11 is 0. The Labute approximate surface area is 162 Å². The lowest BCUT2D eigenvalue weighted by molar-refractivity contribution is -0.129. The Morgan fingerprint density at radius 1 is 1.30 bits per heavy atom. The molecule has 1 saturated heterocycles. The number of nitrogens with zero attached hydrogens (tertiary/aromatic N) is 2. The molecule has 0 spiro atoms. The third-order valence-corrected chi connectivity index (χ3v) is 4.48. The molecule has 7 heteroatoms. The van der Waals surface area contributed by atoms with E-state index < -0.39 is 0 Å². The maximum atomic E-state index is 11.8. The predicted molar refractivity (Wildman–Crippen MR) is 107 cm³/mol. The molecular weight excluding hydrogens is 344 g/mol. The molecule has 1 aromatic rings. The lowest BCUT2D eigenvalue weighted by Gasteiger charge is -2.18. The molecule has 0 bridgehead atoms. The van der Waals surface area contributed by atoms with Gasteiger partial charge in [-0.05, 0) is 38.0 Å². The van der Waals surface area contributed by atoms with Gasteiger partial charge in [-0.25, -0.2) is 4.99 Å². The normalized spacial score (nSPS) is 17.0. The molecule has 1 aromatic carbocycles. The molecule has 1 unspecified atom stereocenters. The number of aliphatic imine (C=N–C) groups is 1. The maximum absolute atomic E-state index is 11.8. The minimum absolute atomic E-state index is 0.211. The van der Waals surface area contributed by atoms with Crippen LogP contribution in [0.25, 0.3) is 0 Å². The number of likely N-dealkylation sites (tertiary alicyclic amines) is 1. The van der Waals surface area contributed by atoms with Crippen molar-refractivity contribution in [2.45, 2.75) is 46.2 Å². The number of rotatable bonds is 8. The summed E-state index contributed by atoms with van der Waals surface area (Å²) in [7, 11) is 1.64. The first-order valence-electron chi connectivity index (χ1n) is 9.73. The molecule has 0 radical (unpaired) electrons. The van der Waals surface area contributed by atoms with E-state index in [1.54, 1.807) is 7.11 Å². The highest BCUT2D eigenvalue weighted by atomic mass is 16.5. The van der Waals surface area contributed by atoms with E-state index in [1.165, 1.54) is 0 Å². The smallest absolute Gasteiger partial charge is 0.222 e. The molecule has 1 atom stereocenters. The lowest BCUT2D eigenvalue weighted by Crippen LogP contribution is -2.45. The van der Waals surface area contributed by atoms with Crippen LogP contribution in [-0.2, 0) is 11.3 Å². The molecule has 2 rings (SSSR count). The summed E-state index contributed by atoms with van der Waals surface area (Å²) < 4.78 is 11.0. The number of methoxy groups -OCH3 is 1. The van der Waals surface area contributed by atoms with Gasteiger partial charge in [-0.1, -0.05) is 13.0 Å². The fourth-order valence-corrected chi connectivity index (χ4v) is 3.10. The van der Waals surface area contributed by atoms with Crippen LogP contribution in [0.4, 0.5) is 0 Å². The molecule has 0 aromatic heterocycles. The molecule has 7 nitrogen and oxygen atoms in total. The number of nitrogens with one attached hydrogen (secondary N) is 2. The second-order valence-electron chi connectivity index (χ2n) is 6.44. The van der Waals surface area contributed by atoms with Gasteiger partial charge in [0.25, 0.3) is 0 Å². The third-order valence-electron chi connectivity index (χ3n) is 4.48. The number of carbonyl (C=O) groups excluding carboxylic acids is 1. The molecule has 1 aliphatic heterocycles. The van der Waals surface area contributed by atoms with E-state index in [0.717, 1.165) is 43.3 Å². The first-order valence-corrected chi connectivity index (χ1v) is 9.73. The van der Waals surface area contributed by atoms with Gasteiger partial charge >= 0.3 is 0 Å². The molecule has 150 valence electrons. The molecule has 2 N–H and O–H groups in total. The number of carbonyl (C=O) groups is 1. The first kappa shape index (κ1) is 20.9. The number of hydrogen-bond donors (Lipinski definition) is 2. The highest BCUT2D eigenvalue weighted by Gasteiger charge is 2.25. The zero-order valence-electron chi connectivity index (χ0n) is 16.9. The highest BCUT2D eigenvalue weighted by molar-refractivity contribution is 5.80. The fourth-order valence-electron chi connectivity index (χ4n) is 3.10. The van der Waals surface area contributed by atoms with E-state index in [-0.39, 0.29) is 11.9 Å². The summed E-state index contributed by atoms with van der Waals surface area (Å²) in [4.78, 5) is 18.4. The summed E-state index contributed by atoms with van der Waals surface area (Å²) in [6.07, 6.45) is 1.49. The Balaban J connectivity index is 2.00. The Hall–Kier alpha value is -2.44. The van der Waals surface area contributed by atoms with Crippen molar-refractivity contribution in [1.29, 1.82) is 0 Å². The summed E-state index contributed by atoms with van der Waals surface area (Å²) in [6.45, 7) is 9.34. The van der Waals surface area contributed by atoms with E-state index >= 15 is 0 Å². The molecular formula is C20H32N4O3. The van der Waals surface area contributed by atoms with Crippen LogP contribution in [0.5, 0.6) is 11.5 Å². The second-order valence-corrected chi connectivity index (χ2v) is 6.44. The van der Waals surface area contributed by atoms with E-state index in [0.29, 0.717) is 25.3 Å². The van der Waals surface area contributed by atoms with Gasteiger partial charge in [0.05, 0.1) is 20.3 Å². The summed E-state index contributed by atoms with van der Waals surface area (Å²) in [6, 6.07) is 6.10. The van der Waals surface area contributed by atoms with Crippen LogP contribution in [0, 0.1) is 0 Å². The third kappa shape index (κ3) is 6.05.